The van der Waals surface area contributed by atoms with Crippen molar-refractivity contribution in [1.29, 1.82) is 0 Å². The first-order valence-electron chi connectivity index (χ1n) is 9.62. The van der Waals surface area contributed by atoms with Crippen LogP contribution >= 0.6 is 11.6 Å². The van der Waals surface area contributed by atoms with Gasteiger partial charge in [-0.05, 0) is 31.9 Å². The second kappa shape index (κ2) is 9.69. The third kappa shape index (κ3) is 4.15. The Kier molecular flexibility index (Phi) is 7.02. The third-order valence-electron chi connectivity index (χ3n) is 4.81. The number of halogens is 1. The maximum Gasteiger partial charge on any atom is 0.343 e. The van der Waals surface area contributed by atoms with Crippen molar-refractivity contribution in [2.24, 2.45) is 0 Å². The summed E-state index contributed by atoms with van der Waals surface area (Å²) < 4.78 is 6.74. The summed E-state index contributed by atoms with van der Waals surface area (Å²) in [6, 6.07) is 3.51. The van der Waals surface area contributed by atoms with E-state index in [2.05, 4.69) is 14.9 Å². The van der Waals surface area contributed by atoms with Crippen molar-refractivity contribution in [3.63, 3.8) is 0 Å². The van der Waals surface area contributed by atoms with E-state index in [1.807, 2.05) is 6.07 Å². The van der Waals surface area contributed by atoms with Gasteiger partial charge in [-0.1, -0.05) is 11.6 Å². The number of nitrogens with zero attached hydrogens (tertiary/aromatic N) is 4. The summed E-state index contributed by atoms with van der Waals surface area (Å²) in [6.07, 6.45) is 8.37. The highest BCUT2D eigenvalue weighted by Crippen LogP contribution is 2.33. The lowest BCUT2D eigenvalue weighted by Crippen LogP contribution is -2.22. The van der Waals surface area contributed by atoms with Gasteiger partial charge in [-0.2, -0.15) is 0 Å². The molecule has 158 valence electrons. The number of benzene rings is 1. The van der Waals surface area contributed by atoms with E-state index >= 15 is 0 Å². The number of aromatic nitrogens is 3. The maximum atomic E-state index is 13.0. The number of rotatable bonds is 4. The van der Waals surface area contributed by atoms with Gasteiger partial charge in [0, 0.05) is 44.2 Å². The molecule has 3 aromatic rings. The van der Waals surface area contributed by atoms with Crippen LogP contribution in [0.25, 0.3) is 16.7 Å². The van der Waals surface area contributed by atoms with Crippen LogP contribution in [0.1, 0.15) is 30.1 Å². The average molecular weight is 431 g/mol. The van der Waals surface area contributed by atoms with Crippen molar-refractivity contribution in [3.05, 3.63) is 57.7 Å². The molecular weight excluding hydrogens is 408 g/mol. The van der Waals surface area contributed by atoms with Crippen molar-refractivity contribution in [2.75, 3.05) is 31.7 Å². The molecule has 3 heterocycles. The highest BCUT2D eigenvalue weighted by Gasteiger charge is 2.21. The molecule has 1 fully saturated rings. The van der Waals surface area contributed by atoms with E-state index in [0.29, 0.717) is 21.7 Å². The Morgan fingerprint density at radius 2 is 1.97 bits per heavy atom. The van der Waals surface area contributed by atoms with E-state index in [-0.39, 0.29) is 12.2 Å². The molecule has 0 atom stereocenters. The first kappa shape index (κ1) is 21.7. The fourth-order valence-corrected chi connectivity index (χ4v) is 3.78. The highest BCUT2D eigenvalue weighted by molar-refractivity contribution is 6.34. The minimum absolute atomic E-state index is 0.0648. The molecule has 0 radical (unpaired) electrons. The molecule has 1 saturated heterocycles. The van der Waals surface area contributed by atoms with Gasteiger partial charge in [0.2, 0.25) is 5.43 Å². The lowest BCUT2D eigenvalue weighted by atomic mass is 10.1. The summed E-state index contributed by atoms with van der Waals surface area (Å²) >= 11 is 6.51. The minimum Gasteiger partial charge on any atom is -0.462 e. The fraction of sp³-hybridized carbons (Fsp3) is 0.333. The van der Waals surface area contributed by atoms with Crippen LogP contribution in [0, 0.1) is 0 Å². The number of ether oxygens (including phenoxy) is 1. The molecule has 4 rings (SSSR count). The molecule has 1 aliphatic heterocycles. The Labute approximate surface area is 178 Å². The van der Waals surface area contributed by atoms with Crippen LogP contribution in [0.3, 0.4) is 0 Å². The zero-order valence-corrected chi connectivity index (χ0v) is 17.6. The van der Waals surface area contributed by atoms with Crippen molar-refractivity contribution in [2.45, 2.75) is 19.8 Å². The fourth-order valence-electron chi connectivity index (χ4n) is 3.49. The summed E-state index contributed by atoms with van der Waals surface area (Å²) in [5.41, 5.74) is 1.01. The average Bonchev–Trinajstić information content (AvgIpc) is 3.31. The van der Waals surface area contributed by atoms with Crippen molar-refractivity contribution >= 4 is 34.2 Å². The Morgan fingerprint density at radius 1 is 1.23 bits per heavy atom. The van der Waals surface area contributed by atoms with Crippen LogP contribution in [0.2, 0.25) is 5.02 Å². The summed E-state index contributed by atoms with van der Waals surface area (Å²) in [4.78, 5) is 36.0. The van der Waals surface area contributed by atoms with Crippen LogP contribution in [0.15, 0.2) is 41.7 Å². The number of pyridine rings is 1. The largest absolute Gasteiger partial charge is 0.462 e. The molecule has 1 aromatic carbocycles. The van der Waals surface area contributed by atoms with Gasteiger partial charge in [0.1, 0.15) is 5.56 Å². The smallest absolute Gasteiger partial charge is 0.343 e. The lowest BCUT2D eigenvalue weighted by Gasteiger charge is -2.21. The quantitative estimate of drug-likeness (QED) is 0.635. The summed E-state index contributed by atoms with van der Waals surface area (Å²) in [6.45, 7) is 3.71. The van der Waals surface area contributed by atoms with E-state index in [9.17, 15) is 9.59 Å². The molecule has 1 N–H and O–H groups in total. The van der Waals surface area contributed by atoms with Gasteiger partial charge < -0.3 is 14.7 Å². The van der Waals surface area contributed by atoms with Crippen molar-refractivity contribution < 1.29 is 14.6 Å². The van der Waals surface area contributed by atoms with Crippen LogP contribution in [0.4, 0.5) is 5.69 Å². The van der Waals surface area contributed by atoms with E-state index in [1.54, 1.807) is 36.1 Å². The topological polar surface area (TPSA) is 97.6 Å². The van der Waals surface area contributed by atoms with Gasteiger partial charge in [-0.25, -0.2) is 9.78 Å². The van der Waals surface area contributed by atoms with E-state index in [0.717, 1.165) is 38.7 Å². The summed E-state index contributed by atoms with van der Waals surface area (Å²) in [5.74, 6) is -0.181. The number of hydrogen-bond acceptors (Lipinski definition) is 7. The molecule has 0 aliphatic carbocycles. The molecule has 0 bridgehead atoms. The number of aliphatic hydroxyl groups is 1. The van der Waals surface area contributed by atoms with Gasteiger partial charge >= 0.3 is 5.97 Å². The molecule has 8 nitrogen and oxygen atoms in total. The van der Waals surface area contributed by atoms with Crippen LogP contribution < -0.4 is 10.3 Å². The van der Waals surface area contributed by atoms with Crippen molar-refractivity contribution in [3.8, 4) is 5.82 Å². The van der Waals surface area contributed by atoms with E-state index in [4.69, 9.17) is 21.4 Å². The van der Waals surface area contributed by atoms with Gasteiger partial charge in [0.15, 0.2) is 5.82 Å². The predicted molar refractivity (Wildman–Crippen MR) is 116 cm³/mol. The van der Waals surface area contributed by atoms with Crippen LogP contribution in [-0.2, 0) is 4.74 Å². The number of esters is 1. The third-order valence-corrected chi connectivity index (χ3v) is 5.11. The monoisotopic (exact) mass is 430 g/mol. The SMILES string of the molecule is CCOC(=O)c1cn(-c2cnccn2)c2cc(N3CCCC3)c(Cl)cc2c1=O.CO. The first-order valence-corrected chi connectivity index (χ1v) is 10.00. The number of anilines is 1. The number of fused-ring (bicyclic) bond motifs is 1. The summed E-state index contributed by atoms with van der Waals surface area (Å²) in [5, 5.41) is 7.82. The number of hydrogen-bond donors (Lipinski definition) is 1. The molecule has 1 aliphatic rings. The number of carbonyl (C=O) groups is 1. The van der Waals surface area contributed by atoms with E-state index in [1.165, 1.54) is 6.20 Å². The first-order chi connectivity index (χ1) is 14.6. The second-order valence-electron chi connectivity index (χ2n) is 6.54. The van der Waals surface area contributed by atoms with Gasteiger partial charge in [-0.3, -0.25) is 14.3 Å². The molecule has 2 aromatic heterocycles. The van der Waals surface area contributed by atoms with Gasteiger partial charge in [0.05, 0.1) is 29.0 Å². The molecule has 30 heavy (non-hydrogen) atoms. The molecule has 0 unspecified atom stereocenters. The van der Waals surface area contributed by atoms with Gasteiger partial charge in [-0.15, -0.1) is 0 Å². The van der Waals surface area contributed by atoms with Gasteiger partial charge in [0.25, 0.3) is 0 Å². The molecule has 0 amide bonds. The Morgan fingerprint density at radius 3 is 2.60 bits per heavy atom. The van der Waals surface area contributed by atoms with E-state index < -0.39 is 11.4 Å². The Hall–Kier alpha value is -2.97. The normalized spacial score (nSPS) is 13.1. The molecule has 0 saturated carbocycles. The summed E-state index contributed by atoms with van der Waals surface area (Å²) in [7, 11) is 1.00. The highest BCUT2D eigenvalue weighted by atomic mass is 35.5. The van der Waals surface area contributed by atoms with Crippen LogP contribution in [0.5, 0.6) is 0 Å². The number of carbonyl (C=O) groups excluding carboxylic acids is 1. The zero-order chi connectivity index (χ0) is 21.7. The standard InChI is InChI=1S/C20H19ClN4O3.CH4O/c1-2-28-20(27)14-12-25(18-11-22-5-6-23-18)16-10-17(24-7-3-4-8-24)15(21)9-13(16)19(14)26;1-2/h5-6,9-12H,2-4,7-8H2,1H3;2H,1H3. The van der Waals surface area contributed by atoms with Crippen LogP contribution in [-0.4, -0.2) is 52.4 Å². The maximum absolute atomic E-state index is 13.0. The number of aliphatic hydroxyl groups excluding tert-OH is 1. The molecular formula is C21H23ClN4O4. The minimum atomic E-state index is -0.674. The Balaban J connectivity index is 0.00000124. The predicted octanol–water partition coefficient (Wildman–Crippen LogP) is 2.82. The Bertz CT molecular complexity index is 1100. The lowest BCUT2D eigenvalue weighted by molar-refractivity contribution is 0.0524. The molecule has 9 heteroatoms. The zero-order valence-electron chi connectivity index (χ0n) is 16.8. The second-order valence-corrected chi connectivity index (χ2v) is 6.95. The van der Waals surface area contributed by atoms with Crippen molar-refractivity contribution in [1.82, 2.24) is 14.5 Å². The molecule has 0 spiro atoms.